The molecule has 4 N–H and O–H groups in total. The maximum atomic E-state index is 3.03. The highest BCUT2D eigenvalue weighted by molar-refractivity contribution is 5.91. The minimum atomic E-state index is -0.0538. The van der Waals surface area contributed by atoms with Crippen LogP contribution in [0.25, 0.3) is 32.3 Å². The first-order chi connectivity index (χ1) is 45.8. The predicted molar refractivity (Wildman–Crippen MR) is 428 cm³/mol. The molecule has 498 valence electrons. The molecule has 0 aliphatic heterocycles. The molecule has 0 heterocycles. The molecule has 0 spiro atoms. The van der Waals surface area contributed by atoms with E-state index in [9.17, 15) is 0 Å². The molecule has 0 saturated heterocycles. The maximum Gasteiger partial charge on any atom is 0.0337 e. The van der Waals surface area contributed by atoms with E-state index in [4.69, 9.17) is 0 Å². The molecule has 0 saturated carbocycles. The van der Waals surface area contributed by atoms with Gasteiger partial charge in [0.15, 0.2) is 0 Å². The van der Waals surface area contributed by atoms with Crippen molar-refractivity contribution in [1.82, 2.24) is 0 Å². The Morgan fingerprint density at radius 2 is 0.468 bits per heavy atom. The Labute approximate surface area is 572 Å². The average Bonchev–Trinajstić information content (AvgIpc) is 0.770. The Morgan fingerprint density at radius 3 is 0.723 bits per heavy atom. The van der Waals surface area contributed by atoms with Crippen LogP contribution in [-0.2, 0) is 10.8 Å². The van der Waals surface area contributed by atoms with Crippen LogP contribution in [0, 0.1) is 0 Å². The monoisotopic (exact) mass is 1250 g/mol. The quantitative estimate of drug-likeness (QED) is 0.116. The summed E-state index contributed by atoms with van der Waals surface area (Å²) < 4.78 is 0. The third-order valence-electron chi connectivity index (χ3n) is 14.6. The van der Waals surface area contributed by atoms with Crippen molar-refractivity contribution >= 4 is 55.1 Å². The summed E-state index contributed by atoms with van der Waals surface area (Å²) in [6, 6.07) is 107. The van der Waals surface area contributed by atoms with Crippen molar-refractivity contribution in [3.63, 3.8) is 0 Å². The van der Waals surface area contributed by atoms with Gasteiger partial charge < -0.3 is 21.3 Å². The molecule has 0 radical (unpaired) electrons. The van der Waals surface area contributed by atoms with Gasteiger partial charge >= 0.3 is 0 Å². The molecule has 4 nitrogen and oxygen atoms in total. The van der Waals surface area contributed by atoms with Crippen LogP contribution in [0.2, 0.25) is 0 Å². The van der Waals surface area contributed by atoms with Gasteiger partial charge in [-0.05, 0) is 115 Å². The predicted octanol–water partition coefficient (Wildman–Crippen LogP) is 26.7. The number of hydrogen-bond donors (Lipinski definition) is 4. The molecule has 0 aliphatic carbocycles. The SMILES string of the molecule is CC.CC.CC.CC.CC(C)(c1cccc2ccccc12)c1cccc2ccccc12.CC(C)(c1ccccc1)c1ccccc1.CC(C)c1cccc2ccccc12.CCC.CNc1ccccc1.CNc1ccccc1.CNc1ccccc1.CNc1ccccc1. The summed E-state index contributed by atoms with van der Waals surface area (Å²) >= 11 is 0. The van der Waals surface area contributed by atoms with Gasteiger partial charge in [0.1, 0.15) is 0 Å². The second kappa shape index (κ2) is 50.2. The molecule has 0 unspecified atom stereocenters. The van der Waals surface area contributed by atoms with Crippen molar-refractivity contribution in [2.75, 3.05) is 49.5 Å². The Kier molecular flexibility index (Phi) is 44.1. The molecule has 12 aromatic carbocycles. The standard InChI is InChI=1S/C23H20.C15H16.C13H14.4C7H9N.C3H8.4C2H6/c1-23(2,21-15-7-11-17-9-3-5-13-19(17)21)22-16-8-12-18-10-4-6-14-20(18)22;1-15(2,13-9-5-3-6-10-13)14-11-7-4-8-12-14;1-10(2)12-9-5-7-11-6-3-4-8-13(11)12;4*1-8-7-5-3-2-4-6-7;1-3-2;4*1-2/h3-16H,1-2H3;3-12H,1-2H3;3-10H,1-2H3;4*2-6,8H,1H3;3H2,1-2H3;4*1-2H3. The molecule has 0 fully saturated rings. The van der Waals surface area contributed by atoms with E-state index < -0.39 is 0 Å². The van der Waals surface area contributed by atoms with E-state index in [0.29, 0.717) is 5.92 Å². The van der Waals surface area contributed by atoms with Crippen molar-refractivity contribution in [3.8, 4) is 0 Å². The Bertz CT molecular complexity index is 3400. The fraction of sp³-hybridized carbons (Fsp3) is 0.267. The van der Waals surface area contributed by atoms with Gasteiger partial charge in [0, 0.05) is 61.8 Å². The molecule has 94 heavy (non-hydrogen) atoms. The van der Waals surface area contributed by atoms with Gasteiger partial charge in [-0.3, -0.25) is 0 Å². The lowest BCUT2D eigenvalue weighted by Gasteiger charge is -2.29. The van der Waals surface area contributed by atoms with E-state index in [1.807, 2.05) is 205 Å². The molecule has 0 aliphatic rings. The Morgan fingerprint density at radius 1 is 0.255 bits per heavy atom. The first-order valence-corrected chi connectivity index (χ1v) is 34.3. The fourth-order valence-electron chi connectivity index (χ4n) is 9.74. The third-order valence-corrected chi connectivity index (χ3v) is 14.6. The average molecular weight is 1260 g/mol. The normalized spacial score (nSPS) is 9.63. The molecule has 4 heteroatoms. The lowest BCUT2D eigenvalue weighted by molar-refractivity contribution is 0.641. The summed E-state index contributed by atoms with van der Waals surface area (Å²) in [4.78, 5) is 0. The number of para-hydroxylation sites is 4. The summed E-state index contributed by atoms with van der Waals surface area (Å²) in [6.45, 7) is 33.9. The number of benzene rings is 12. The van der Waals surface area contributed by atoms with E-state index in [1.165, 1.54) is 66.6 Å². The highest BCUT2D eigenvalue weighted by atomic mass is 14.8. The summed E-state index contributed by atoms with van der Waals surface area (Å²) in [6.07, 6.45) is 1.25. The van der Waals surface area contributed by atoms with Gasteiger partial charge in [-0.15, -0.1) is 0 Å². The molecule has 0 atom stereocenters. The number of nitrogens with one attached hydrogen (secondary N) is 4. The van der Waals surface area contributed by atoms with Crippen LogP contribution in [0.5, 0.6) is 0 Å². The van der Waals surface area contributed by atoms with Gasteiger partial charge in [0.05, 0.1) is 0 Å². The molecule has 12 rings (SSSR count). The van der Waals surface area contributed by atoms with Crippen LogP contribution in [0.3, 0.4) is 0 Å². The zero-order valence-corrected chi connectivity index (χ0v) is 61.2. The lowest BCUT2D eigenvalue weighted by Crippen LogP contribution is -2.19. The summed E-state index contributed by atoms with van der Waals surface area (Å²) in [7, 11) is 7.65. The number of hydrogen-bond acceptors (Lipinski definition) is 4. The van der Waals surface area contributed by atoms with E-state index >= 15 is 0 Å². The highest BCUT2D eigenvalue weighted by Crippen LogP contribution is 2.39. The topological polar surface area (TPSA) is 48.1 Å². The molecule has 0 amide bonds. The van der Waals surface area contributed by atoms with Gasteiger partial charge in [-0.1, -0.05) is 378 Å². The number of anilines is 4. The Hall–Kier alpha value is -9.38. The summed E-state index contributed by atoms with van der Waals surface area (Å²) in [5.74, 6) is 0.603. The van der Waals surface area contributed by atoms with Crippen LogP contribution in [0.4, 0.5) is 22.7 Å². The first-order valence-electron chi connectivity index (χ1n) is 34.3. The van der Waals surface area contributed by atoms with Crippen LogP contribution >= 0.6 is 0 Å². The van der Waals surface area contributed by atoms with Gasteiger partial charge in [0.25, 0.3) is 0 Å². The van der Waals surface area contributed by atoms with E-state index in [-0.39, 0.29) is 10.8 Å². The fourth-order valence-corrected chi connectivity index (χ4v) is 9.74. The number of rotatable bonds is 9. The largest absolute Gasteiger partial charge is 0.388 e. The zero-order valence-electron chi connectivity index (χ0n) is 61.2. The number of fused-ring (bicyclic) bond motifs is 3. The highest BCUT2D eigenvalue weighted by Gasteiger charge is 2.27. The smallest absolute Gasteiger partial charge is 0.0337 e. The van der Waals surface area contributed by atoms with Crippen molar-refractivity contribution in [3.05, 3.63) is 337 Å². The van der Waals surface area contributed by atoms with E-state index in [2.05, 4.69) is 265 Å². The van der Waals surface area contributed by atoms with E-state index in [1.54, 1.807) is 0 Å². The molecule has 0 aromatic heterocycles. The summed E-state index contributed by atoms with van der Waals surface area (Å²) in [5, 5.41) is 20.1. The van der Waals surface area contributed by atoms with Crippen LogP contribution in [0.1, 0.15) is 151 Å². The van der Waals surface area contributed by atoms with Crippen molar-refractivity contribution in [2.45, 2.75) is 134 Å². The maximum absolute atomic E-state index is 3.03. The minimum Gasteiger partial charge on any atom is -0.388 e. The summed E-state index contributed by atoms with van der Waals surface area (Å²) in [5.41, 5.74) is 11.6. The van der Waals surface area contributed by atoms with E-state index in [0.717, 1.165) is 22.7 Å². The zero-order chi connectivity index (χ0) is 69.8. The van der Waals surface area contributed by atoms with Gasteiger partial charge in [0.2, 0.25) is 0 Å². The van der Waals surface area contributed by atoms with Crippen LogP contribution < -0.4 is 21.3 Å². The molecule has 0 bridgehead atoms. The second-order valence-corrected chi connectivity index (χ2v) is 21.9. The third kappa shape index (κ3) is 29.1. The van der Waals surface area contributed by atoms with Gasteiger partial charge in [-0.2, -0.15) is 0 Å². The van der Waals surface area contributed by atoms with Crippen molar-refractivity contribution < 1.29 is 0 Å². The van der Waals surface area contributed by atoms with Crippen molar-refractivity contribution in [1.29, 1.82) is 0 Å². The molecular formula is C90H118N4. The Balaban J connectivity index is 0.000000554. The van der Waals surface area contributed by atoms with Gasteiger partial charge in [-0.25, -0.2) is 0 Å². The minimum absolute atomic E-state index is 0.0538. The van der Waals surface area contributed by atoms with Crippen LogP contribution in [0.15, 0.2) is 309 Å². The first kappa shape index (κ1) is 82.6. The second-order valence-electron chi connectivity index (χ2n) is 21.9. The molecular weight excluding hydrogens is 1140 g/mol. The lowest BCUT2D eigenvalue weighted by atomic mass is 9.74. The molecule has 12 aromatic rings. The van der Waals surface area contributed by atoms with Crippen LogP contribution in [-0.4, -0.2) is 28.2 Å². The van der Waals surface area contributed by atoms with Crippen molar-refractivity contribution in [2.24, 2.45) is 0 Å².